The largest absolute Gasteiger partial charge is 0.459 e. The average Bonchev–Trinajstić information content (AvgIpc) is 2.50. The third kappa shape index (κ3) is 3.19. The van der Waals surface area contributed by atoms with Gasteiger partial charge in [-0.25, -0.2) is 4.79 Å². The molecule has 0 unspecified atom stereocenters. The lowest BCUT2D eigenvalue weighted by Crippen LogP contribution is -2.46. The van der Waals surface area contributed by atoms with Crippen molar-refractivity contribution in [1.29, 1.82) is 0 Å². The highest BCUT2D eigenvalue weighted by Crippen LogP contribution is 2.53. The zero-order valence-corrected chi connectivity index (χ0v) is 14.9. The molecule has 0 amide bonds. The van der Waals surface area contributed by atoms with E-state index in [9.17, 15) is 9.59 Å². The summed E-state index contributed by atoms with van der Waals surface area (Å²) >= 11 is 0. The van der Waals surface area contributed by atoms with Crippen molar-refractivity contribution < 1.29 is 14.3 Å². The highest BCUT2D eigenvalue weighted by atomic mass is 16.5. The number of hydrogen-bond acceptors (Lipinski definition) is 3. The summed E-state index contributed by atoms with van der Waals surface area (Å²) in [6.45, 7) is 13.9. The zero-order valence-electron chi connectivity index (χ0n) is 14.9. The van der Waals surface area contributed by atoms with Crippen LogP contribution in [0.5, 0.6) is 0 Å². The summed E-state index contributed by atoms with van der Waals surface area (Å²) in [6.07, 6.45) is 5.88. The summed E-state index contributed by atoms with van der Waals surface area (Å²) in [6, 6.07) is 0. The molecule has 2 aliphatic carbocycles. The van der Waals surface area contributed by atoms with E-state index in [4.69, 9.17) is 4.74 Å². The molecule has 0 aromatic heterocycles. The number of hydrogen-bond donors (Lipinski definition) is 0. The first-order valence-electron chi connectivity index (χ1n) is 8.45. The van der Waals surface area contributed by atoms with Gasteiger partial charge in [0.2, 0.25) is 0 Å². The van der Waals surface area contributed by atoms with E-state index in [1.54, 1.807) is 13.0 Å². The lowest BCUT2D eigenvalue weighted by molar-refractivity contribution is -0.151. The molecule has 1 fully saturated rings. The maximum Gasteiger partial charge on any atom is 0.333 e. The smallest absolute Gasteiger partial charge is 0.333 e. The first-order valence-corrected chi connectivity index (χ1v) is 8.45. The van der Waals surface area contributed by atoms with Crippen LogP contribution in [0.1, 0.15) is 53.9 Å². The van der Waals surface area contributed by atoms with E-state index >= 15 is 0 Å². The Bertz CT molecular complexity index is 596. The fourth-order valence-electron chi connectivity index (χ4n) is 3.81. The molecule has 1 saturated carbocycles. The molecule has 3 heteroatoms. The second kappa shape index (κ2) is 6.46. The van der Waals surface area contributed by atoms with Crippen LogP contribution in [-0.4, -0.2) is 17.9 Å². The Morgan fingerprint density at radius 1 is 1.43 bits per heavy atom. The molecule has 126 valence electrons. The summed E-state index contributed by atoms with van der Waals surface area (Å²) in [5, 5.41) is 0. The van der Waals surface area contributed by atoms with Gasteiger partial charge in [0.25, 0.3) is 0 Å². The lowest BCUT2D eigenvalue weighted by Gasteiger charge is -2.49. The van der Waals surface area contributed by atoms with Gasteiger partial charge in [0.05, 0.1) is 0 Å². The van der Waals surface area contributed by atoms with Gasteiger partial charge in [-0.15, -0.1) is 0 Å². The van der Waals surface area contributed by atoms with E-state index in [2.05, 4.69) is 20.4 Å². The molecular formula is C20H28O3. The Morgan fingerprint density at radius 2 is 2.09 bits per heavy atom. The molecule has 0 radical (unpaired) electrons. The molecule has 3 nitrogen and oxygen atoms in total. The summed E-state index contributed by atoms with van der Waals surface area (Å²) in [5.41, 5.74) is 2.66. The number of rotatable bonds is 3. The van der Waals surface area contributed by atoms with E-state index in [0.717, 1.165) is 24.8 Å². The normalized spacial score (nSPS) is 34.5. The van der Waals surface area contributed by atoms with Crippen molar-refractivity contribution in [3.8, 4) is 0 Å². The molecule has 0 saturated heterocycles. The predicted molar refractivity (Wildman–Crippen MR) is 91.8 cm³/mol. The van der Waals surface area contributed by atoms with Gasteiger partial charge in [0.1, 0.15) is 6.10 Å². The van der Waals surface area contributed by atoms with E-state index in [-0.39, 0.29) is 35.1 Å². The Balaban J connectivity index is 2.25. The minimum Gasteiger partial charge on any atom is -0.459 e. The molecule has 0 aromatic carbocycles. The average molecular weight is 316 g/mol. The molecule has 0 spiro atoms. The van der Waals surface area contributed by atoms with Crippen LogP contribution in [0, 0.1) is 17.3 Å². The summed E-state index contributed by atoms with van der Waals surface area (Å²) in [7, 11) is 0. The highest BCUT2D eigenvalue weighted by molar-refractivity contribution is 5.95. The van der Waals surface area contributed by atoms with Gasteiger partial charge in [-0.3, -0.25) is 4.79 Å². The Morgan fingerprint density at radius 3 is 2.65 bits per heavy atom. The van der Waals surface area contributed by atoms with Crippen molar-refractivity contribution in [2.45, 2.75) is 60.0 Å². The Kier molecular flexibility index (Phi) is 4.98. The number of fused-ring (bicyclic) bond motifs is 1. The van der Waals surface area contributed by atoms with Crippen molar-refractivity contribution in [2.24, 2.45) is 17.3 Å². The van der Waals surface area contributed by atoms with E-state index < -0.39 is 0 Å². The van der Waals surface area contributed by atoms with E-state index in [0.29, 0.717) is 5.57 Å². The zero-order chi connectivity index (χ0) is 17.4. The quantitative estimate of drug-likeness (QED) is 0.440. The number of ether oxygens (including phenoxy) is 1. The maximum atomic E-state index is 12.3. The number of ketones is 1. The third-order valence-corrected chi connectivity index (χ3v) is 5.89. The SMILES string of the molecule is C=C(C)[C@@H]1C[C@@]2(C)C(=CC1=O)CC[C@@H](OC(=O)C(C)=CC)[C@@H]2C. The first kappa shape index (κ1) is 17.7. The van der Waals surface area contributed by atoms with Crippen molar-refractivity contribution in [2.75, 3.05) is 0 Å². The molecular weight excluding hydrogens is 288 g/mol. The van der Waals surface area contributed by atoms with E-state index in [1.807, 2.05) is 19.9 Å². The van der Waals surface area contributed by atoms with Crippen LogP contribution in [-0.2, 0) is 14.3 Å². The summed E-state index contributed by atoms with van der Waals surface area (Å²) in [4.78, 5) is 24.4. The van der Waals surface area contributed by atoms with Crippen molar-refractivity contribution in [3.05, 3.63) is 35.5 Å². The number of esters is 1. The third-order valence-electron chi connectivity index (χ3n) is 5.89. The molecule has 0 heterocycles. The molecule has 4 atom stereocenters. The van der Waals surface area contributed by atoms with Gasteiger partial charge in [-0.05, 0) is 51.5 Å². The van der Waals surface area contributed by atoms with Gasteiger partial charge in [-0.2, -0.15) is 0 Å². The molecule has 0 aliphatic heterocycles. The van der Waals surface area contributed by atoms with Crippen molar-refractivity contribution in [3.63, 3.8) is 0 Å². The topological polar surface area (TPSA) is 43.4 Å². The Hall–Kier alpha value is -1.64. The van der Waals surface area contributed by atoms with Crippen LogP contribution in [0.4, 0.5) is 0 Å². The van der Waals surface area contributed by atoms with Gasteiger partial charge in [-0.1, -0.05) is 37.6 Å². The predicted octanol–water partition coefficient (Wildman–Crippen LogP) is 4.39. The number of allylic oxidation sites excluding steroid dienone is 4. The Labute approximate surface area is 139 Å². The van der Waals surface area contributed by atoms with Crippen LogP contribution in [0.3, 0.4) is 0 Å². The van der Waals surface area contributed by atoms with Gasteiger partial charge in [0.15, 0.2) is 5.78 Å². The second-order valence-corrected chi connectivity index (χ2v) is 7.34. The molecule has 0 aromatic rings. The van der Waals surface area contributed by atoms with Crippen LogP contribution < -0.4 is 0 Å². The monoisotopic (exact) mass is 316 g/mol. The first-order chi connectivity index (χ1) is 10.7. The number of carbonyl (C=O) groups is 2. The highest BCUT2D eigenvalue weighted by Gasteiger charge is 2.48. The van der Waals surface area contributed by atoms with E-state index in [1.165, 1.54) is 5.57 Å². The molecule has 0 bridgehead atoms. The fraction of sp³-hybridized carbons (Fsp3) is 0.600. The van der Waals surface area contributed by atoms with Crippen LogP contribution in [0.2, 0.25) is 0 Å². The molecule has 2 rings (SSSR count). The van der Waals surface area contributed by atoms with Gasteiger partial charge in [0, 0.05) is 17.4 Å². The fourth-order valence-corrected chi connectivity index (χ4v) is 3.81. The van der Waals surface area contributed by atoms with Crippen LogP contribution >= 0.6 is 0 Å². The molecule has 23 heavy (non-hydrogen) atoms. The second-order valence-electron chi connectivity index (χ2n) is 7.34. The van der Waals surface area contributed by atoms with Gasteiger partial charge < -0.3 is 4.74 Å². The maximum absolute atomic E-state index is 12.3. The molecule has 0 N–H and O–H groups in total. The number of carbonyl (C=O) groups excluding carboxylic acids is 2. The van der Waals surface area contributed by atoms with Gasteiger partial charge >= 0.3 is 5.97 Å². The minimum absolute atomic E-state index is 0.0986. The molecule has 2 aliphatic rings. The standard InChI is InChI=1S/C20H28O3/c1-7-13(4)19(22)23-18-9-8-15-10-17(21)16(12(2)3)11-20(15,6)14(18)5/h7,10,14,16,18H,2,8-9,11H2,1,3-6H3/t14-,16-,18+,20+/m0/s1. The summed E-state index contributed by atoms with van der Waals surface area (Å²) in [5.74, 6) is 0.0186. The van der Waals surface area contributed by atoms with Crippen molar-refractivity contribution in [1.82, 2.24) is 0 Å². The van der Waals surface area contributed by atoms with Crippen molar-refractivity contribution >= 4 is 11.8 Å². The van der Waals surface area contributed by atoms with Crippen LogP contribution in [0.15, 0.2) is 35.5 Å². The minimum atomic E-state index is -0.233. The van der Waals surface area contributed by atoms with Crippen LogP contribution in [0.25, 0.3) is 0 Å². The summed E-state index contributed by atoms with van der Waals surface area (Å²) < 4.78 is 5.75. The lowest BCUT2D eigenvalue weighted by atomic mass is 9.57.